The SMILES string of the molecule is C[C@H](NCc1ccccc1NS(=O)(=O)c1ccc(-n2cccc2)cc1)[C@@H](O)C1CCCCC1. The molecule has 0 amide bonds. The molecule has 0 bridgehead atoms. The number of rotatable bonds is 9. The highest BCUT2D eigenvalue weighted by atomic mass is 32.2. The van der Waals surface area contributed by atoms with Crippen LogP contribution in [0.3, 0.4) is 0 Å². The Morgan fingerprint density at radius 3 is 2.33 bits per heavy atom. The Morgan fingerprint density at radius 1 is 0.970 bits per heavy atom. The number of hydrogen-bond donors (Lipinski definition) is 3. The molecule has 0 radical (unpaired) electrons. The molecule has 33 heavy (non-hydrogen) atoms. The topological polar surface area (TPSA) is 83.4 Å². The molecular formula is C26H33N3O3S. The molecule has 2 atom stereocenters. The number of anilines is 1. The Morgan fingerprint density at radius 2 is 1.64 bits per heavy atom. The highest BCUT2D eigenvalue weighted by molar-refractivity contribution is 7.92. The molecule has 1 aromatic heterocycles. The molecule has 0 spiro atoms. The van der Waals surface area contributed by atoms with Crippen molar-refractivity contribution in [1.29, 1.82) is 0 Å². The van der Waals surface area contributed by atoms with Crippen LogP contribution in [0.4, 0.5) is 5.69 Å². The second kappa shape index (κ2) is 10.5. The number of nitrogens with zero attached hydrogens (tertiary/aromatic N) is 1. The van der Waals surface area contributed by atoms with Crippen LogP contribution in [-0.4, -0.2) is 30.2 Å². The van der Waals surface area contributed by atoms with E-state index in [-0.39, 0.29) is 10.9 Å². The monoisotopic (exact) mass is 467 g/mol. The number of aliphatic hydroxyl groups excluding tert-OH is 1. The van der Waals surface area contributed by atoms with Gasteiger partial charge in [-0.05, 0) is 73.7 Å². The summed E-state index contributed by atoms with van der Waals surface area (Å²) >= 11 is 0. The minimum atomic E-state index is -3.73. The quantitative estimate of drug-likeness (QED) is 0.426. The first-order valence-corrected chi connectivity index (χ1v) is 13.2. The van der Waals surface area contributed by atoms with Crippen LogP contribution in [0.25, 0.3) is 5.69 Å². The van der Waals surface area contributed by atoms with E-state index in [1.807, 2.05) is 54.2 Å². The van der Waals surface area contributed by atoms with Crippen LogP contribution in [0.1, 0.15) is 44.6 Å². The molecule has 0 saturated heterocycles. The lowest BCUT2D eigenvalue weighted by atomic mass is 9.83. The van der Waals surface area contributed by atoms with Crippen LogP contribution < -0.4 is 10.0 Å². The van der Waals surface area contributed by atoms with Gasteiger partial charge in [0.15, 0.2) is 0 Å². The normalized spacial score (nSPS) is 16.9. The summed E-state index contributed by atoms with van der Waals surface area (Å²) in [6.45, 7) is 2.47. The van der Waals surface area contributed by atoms with Gasteiger partial charge in [-0.25, -0.2) is 8.42 Å². The Labute approximate surface area is 196 Å². The smallest absolute Gasteiger partial charge is 0.261 e. The van der Waals surface area contributed by atoms with Gasteiger partial charge in [0.1, 0.15) is 0 Å². The van der Waals surface area contributed by atoms with Gasteiger partial charge >= 0.3 is 0 Å². The van der Waals surface area contributed by atoms with E-state index < -0.39 is 16.1 Å². The zero-order valence-corrected chi connectivity index (χ0v) is 19.8. The largest absolute Gasteiger partial charge is 0.391 e. The van der Waals surface area contributed by atoms with Gasteiger partial charge in [0.25, 0.3) is 10.0 Å². The average molecular weight is 468 g/mol. The van der Waals surface area contributed by atoms with E-state index in [0.29, 0.717) is 18.2 Å². The number of sulfonamides is 1. The molecule has 1 aliphatic rings. The van der Waals surface area contributed by atoms with Gasteiger partial charge in [-0.2, -0.15) is 0 Å². The number of hydrogen-bond acceptors (Lipinski definition) is 4. The molecule has 3 aromatic rings. The summed E-state index contributed by atoms with van der Waals surface area (Å²) < 4.78 is 30.7. The molecule has 0 aliphatic heterocycles. The van der Waals surface area contributed by atoms with E-state index in [0.717, 1.165) is 24.1 Å². The number of para-hydroxylation sites is 1. The third kappa shape index (κ3) is 5.85. The molecule has 1 heterocycles. The Bertz CT molecular complexity index is 1120. The van der Waals surface area contributed by atoms with Gasteiger partial charge in [-0.15, -0.1) is 0 Å². The van der Waals surface area contributed by atoms with Crippen LogP contribution in [0.15, 0.2) is 78.0 Å². The van der Waals surface area contributed by atoms with Crippen LogP contribution in [0.2, 0.25) is 0 Å². The van der Waals surface area contributed by atoms with E-state index >= 15 is 0 Å². The molecule has 3 N–H and O–H groups in total. The molecule has 176 valence electrons. The fraction of sp³-hybridized carbons (Fsp3) is 0.385. The van der Waals surface area contributed by atoms with Crippen molar-refractivity contribution in [1.82, 2.24) is 9.88 Å². The molecule has 7 heteroatoms. The van der Waals surface area contributed by atoms with Crippen molar-refractivity contribution in [2.24, 2.45) is 5.92 Å². The first-order valence-electron chi connectivity index (χ1n) is 11.7. The average Bonchev–Trinajstić information content (AvgIpc) is 3.38. The minimum Gasteiger partial charge on any atom is -0.391 e. The highest BCUT2D eigenvalue weighted by Gasteiger charge is 2.26. The minimum absolute atomic E-state index is 0.0704. The summed E-state index contributed by atoms with van der Waals surface area (Å²) in [6.07, 6.45) is 9.21. The Hall–Kier alpha value is -2.61. The number of benzene rings is 2. The third-order valence-corrected chi connectivity index (χ3v) is 7.95. The predicted octanol–water partition coefficient (Wildman–Crippen LogP) is 4.70. The van der Waals surface area contributed by atoms with Crippen molar-refractivity contribution < 1.29 is 13.5 Å². The molecular weight excluding hydrogens is 434 g/mol. The summed E-state index contributed by atoms with van der Waals surface area (Å²) in [5.74, 6) is 0.338. The lowest BCUT2D eigenvalue weighted by Gasteiger charge is -2.31. The van der Waals surface area contributed by atoms with E-state index in [9.17, 15) is 13.5 Å². The molecule has 1 fully saturated rings. The summed E-state index contributed by atoms with van der Waals surface area (Å²) in [7, 11) is -3.73. The Balaban J connectivity index is 1.42. The van der Waals surface area contributed by atoms with Crippen molar-refractivity contribution in [3.05, 3.63) is 78.6 Å². The van der Waals surface area contributed by atoms with Gasteiger partial charge in [0.05, 0.1) is 16.7 Å². The summed E-state index contributed by atoms with van der Waals surface area (Å²) in [5.41, 5.74) is 2.28. The molecule has 1 aliphatic carbocycles. The fourth-order valence-corrected chi connectivity index (χ4v) is 5.66. The zero-order valence-electron chi connectivity index (χ0n) is 19.0. The van der Waals surface area contributed by atoms with Crippen LogP contribution in [0, 0.1) is 5.92 Å². The lowest BCUT2D eigenvalue weighted by Crippen LogP contribution is -2.42. The first-order chi connectivity index (χ1) is 15.9. The highest BCUT2D eigenvalue weighted by Crippen LogP contribution is 2.28. The van der Waals surface area contributed by atoms with Gasteiger partial charge in [0.2, 0.25) is 0 Å². The number of aliphatic hydroxyl groups is 1. The third-order valence-electron chi connectivity index (χ3n) is 6.57. The maximum atomic E-state index is 13.0. The molecule has 6 nitrogen and oxygen atoms in total. The van der Waals surface area contributed by atoms with Gasteiger partial charge in [-0.3, -0.25) is 4.72 Å². The summed E-state index contributed by atoms with van der Waals surface area (Å²) in [6, 6.07) is 18.0. The van der Waals surface area contributed by atoms with Crippen LogP contribution in [-0.2, 0) is 16.6 Å². The van der Waals surface area contributed by atoms with Gasteiger partial charge in [0, 0.05) is 30.7 Å². The van der Waals surface area contributed by atoms with Crippen molar-refractivity contribution in [3.8, 4) is 5.69 Å². The van der Waals surface area contributed by atoms with E-state index in [2.05, 4.69) is 10.0 Å². The number of aromatic nitrogens is 1. The maximum Gasteiger partial charge on any atom is 0.261 e. The zero-order chi connectivity index (χ0) is 23.3. The van der Waals surface area contributed by atoms with Crippen molar-refractivity contribution in [3.63, 3.8) is 0 Å². The first kappa shape index (κ1) is 23.5. The van der Waals surface area contributed by atoms with Crippen LogP contribution >= 0.6 is 0 Å². The van der Waals surface area contributed by atoms with E-state index in [4.69, 9.17) is 0 Å². The predicted molar refractivity (Wildman–Crippen MR) is 132 cm³/mol. The van der Waals surface area contributed by atoms with Gasteiger partial charge in [-0.1, -0.05) is 37.5 Å². The van der Waals surface area contributed by atoms with Gasteiger partial charge < -0.3 is 15.0 Å². The molecule has 2 aromatic carbocycles. The van der Waals surface area contributed by atoms with E-state index in [1.54, 1.807) is 30.3 Å². The molecule has 1 saturated carbocycles. The van der Waals surface area contributed by atoms with Crippen molar-refractivity contribution in [2.45, 2.75) is 62.6 Å². The summed E-state index contributed by atoms with van der Waals surface area (Å²) in [4.78, 5) is 0.210. The fourth-order valence-electron chi connectivity index (χ4n) is 4.56. The second-order valence-corrected chi connectivity index (χ2v) is 10.6. The van der Waals surface area contributed by atoms with Crippen molar-refractivity contribution in [2.75, 3.05) is 4.72 Å². The number of nitrogens with one attached hydrogen (secondary N) is 2. The lowest BCUT2D eigenvalue weighted by molar-refractivity contribution is 0.0551. The Kier molecular flexibility index (Phi) is 7.53. The molecule has 4 rings (SSSR count). The second-order valence-electron chi connectivity index (χ2n) is 8.91. The standard InChI is InChI=1S/C26H33N3O3S/c1-20(26(30)21-9-3-2-4-10-21)27-19-22-11-5-6-12-25(22)28-33(31,32)24-15-13-23(14-16-24)29-17-7-8-18-29/h5-8,11-18,20-21,26-28,30H,2-4,9-10,19H2,1H3/t20-,26+/m0/s1. The summed E-state index contributed by atoms with van der Waals surface area (Å²) in [5, 5.41) is 14.1. The maximum absolute atomic E-state index is 13.0. The van der Waals surface area contributed by atoms with Crippen molar-refractivity contribution >= 4 is 15.7 Å². The van der Waals surface area contributed by atoms with E-state index in [1.165, 1.54) is 19.3 Å². The molecule has 0 unspecified atom stereocenters. The van der Waals surface area contributed by atoms with Crippen LogP contribution in [0.5, 0.6) is 0 Å².